The van der Waals surface area contributed by atoms with Gasteiger partial charge in [-0.15, -0.1) is 0 Å². The minimum absolute atomic E-state index is 0.0288. The molecule has 0 N–H and O–H groups in total. The lowest BCUT2D eigenvalue weighted by molar-refractivity contribution is -0.131. The maximum absolute atomic E-state index is 13.1. The van der Waals surface area contributed by atoms with Crippen molar-refractivity contribution < 1.29 is 14.3 Å². The van der Waals surface area contributed by atoms with Crippen molar-refractivity contribution in [1.82, 2.24) is 14.8 Å². The lowest BCUT2D eigenvalue weighted by atomic mass is 10.1. The molecular formula is C19H20N4O3. The van der Waals surface area contributed by atoms with E-state index in [9.17, 15) is 9.59 Å². The van der Waals surface area contributed by atoms with Gasteiger partial charge in [-0.05, 0) is 31.3 Å². The number of amides is 2. The number of pyridine rings is 1. The van der Waals surface area contributed by atoms with E-state index in [-0.39, 0.29) is 18.4 Å². The summed E-state index contributed by atoms with van der Waals surface area (Å²) in [4.78, 5) is 35.6. The summed E-state index contributed by atoms with van der Waals surface area (Å²) in [5.41, 5.74) is 0.938. The van der Waals surface area contributed by atoms with Crippen LogP contribution in [0.1, 0.15) is 10.4 Å². The average molecular weight is 352 g/mol. The van der Waals surface area contributed by atoms with Gasteiger partial charge < -0.3 is 14.5 Å². The first-order chi connectivity index (χ1) is 12.6. The number of piperazine rings is 1. The zero-order valence-corrected chi connectivity index (χ0v) is 14.6. The van der Waals surface area contributed by atoms with Gasteiger partial charge in [-0.1, -0.05) is 12.1 Å². The summed E-state index contributed by atoms with van der Waals surface area (Å²) in [5.74, 6) is 0.458. The summed E-state index contributed by atoms with van der Waals surface area (Å²) in [7, 11) is 2.04. The monoisotopic (exact) mass is 352 g/mol. The van der Waals surface area contributed by atoms with Gasteiger partial charge in [0.15, 0.2) is 0 Å². The molecule has 26 heavy (non-hydrogen) atoms. The SMILES string of the molecule is CN1CCN(C(=O)CN2C(=O)c3ccccc3Oc3ncccc32)CC1. The maximum atomic E-state index is 13.1. The quantitative estimate of drug-likeness (QED) is 0.822. The van der Waals surface area contributed by atoms with Crippen molar-refractivity contribution in [2.45, 2.75) is 0 Å². The molecule has 1 aromatic heterocycles. The molecule has 0 bridgehead atoms. The molecule has 0 atom stereocenters. The summed E-state index contributed by atoms with van der Waals surface area (Å²) in [5, 5.41) is 0. The normalized spacial score (nSPS) is 17.2. The van der Waals surface area contributed by atoms with E-state index >= 15 is 0 Å². The van der Waals surface area contributed by atoms with Crippen LogP contribution in [0, 0.1) is 0 Å². The molecule has 4 rings (SSSR count). The van der Waals surface area contributed by atoms with Crippen LogP contribution in [0.15, 0.2) is 42.6 Å². The van der Waals surface area contributed by atoms with Gasteiger partial charge in [-0.3, -0.25) is 14.5 Å². The molecular weight excluding hydrogens is 332 g/mol. The second kappa shape index (κ2) is 6.76. The Morgan fingerprint density at radius 3 is 2.69 bits per heavy atom. The maximum Gasteiger partial charge on any atom is 0.262 e. The summed E-state index contributed by atoms with van der Waals surface area (Å²) >= 11 is 0. The van der Waals surface area contributed by atoms with Crippen LogP contribution in [0.2, 0.25) is 0 Å². The van der Waals surface area contributed by atoms with Gasteiger partial charge in [-0.2, -0.15) is 0 Å². The van der Waals surface area contributed by atoms with Crippen molar-refractivity contribution in [2.24, 2.45) is 0 Å². The molecule has 0 saturated carbocycles. The number of nitrogens with zero attached hydrogens (tertiary/aromatic N) is 4. The Morgan fingerprint density at radius 2 is 1.88 bits per heavy atom. The number of rotatable bonds is 2. The minimum atomic E-state index is -0.255. The molecule has 2 aliphatic heterocycles. The van der Waals surface area contributed by atoms with Crippen LogP contribution in [0.25, 0.3) is 0 Å². The summed E-state index contributed by atoms with van der Waals surface area (Å²) in [6.07, 6.45) is 1.61. The van der Waals surface area contributed by atoms with Gasteiger partial charge in [0.25, 0.3) is 5.91 Å². The Kier molecular flexibility index (Phi) is 4.30. The van der Waals surface area contributed by atoms with Crippen molar-refractivity contribution in [2.75, 3.05) is 44.7 Å². The molecule has 1 aromatic carbocycles. The first kappa shape index (κ1) is 16.5. The van der Waals surface area contributed by atoms with Crippen LogP contribution in [-0.2, 0) is 4.79 Å². The first-order valence-corrected chi connectivity index (χ1v) is 8.63. The molecule has 2 aromatic rings. The van der Waals surface area contributed by atoms with Gasteiger partial charge in [-0.25, -0.2) is 4.98 Å². The molecule has 0 spiro atoms. The third-order valence-corrected chi connectivity index (χ3v) is 4.76. The molecule has 2 aliphatic rings. The van der Waals surface area contributed by atoms with E-state index in [1.165, 1.54) is 4.90 Å². The molecule has 1 fully saturated rings. The zero-order valence-electron chi connectivity index (χ0n) is 14.6. The topological polar surface area (TPSA) is 66.0 Å². The second-order valence-corrected chi connectivity index (χ2v) is 6.50. The third-order valence-electron chi connectivity index (χ3n) is 4.76. The van der Waals surface area contributed by atoms with Crippen molar-refractivity contribution in [1.29, 1.82) is 0 Å². The number of benzene rings is 1. The van der Waals surface area contributed by atoms with Crippen molar-refractivity contribution in [3.63, 3.8) is 0 Å². The van der Waals surface area contributed by atoms with Gasteiger partial charge >= 0.3 is 0 Å². The van der Waals surface area contributed by atoms with E-state index < -0.39 is 0 Å². The number of para-hydroxylation sites is 1. The second-order valence-electron chi connectivity index (χ2n) is 6.50. The molecule has 0 radical (unpaired) electrons. The predicted molar refractivity (Wildman–Crippen MR) is 96.5 cm³/mol. The summed E-state index contributed by atoms with van der Waals surface area (Å²) < 4.78 is 5.84. The van der Waals surface area contributed by atoms with E-state index in [2.05, 4.69) is 9.88 Å². The van der Waals surface area contributed by atoms with E-state index in [0.717, 1.165) is 13.1 Å². The number of carbonyl (C=O) groups excluding carboxylic acids is 2. The Hall–Kier alpha value is -2.93. The van der Waals surface area contributed by atoms with Crippen LogP contribution in [0.3, 0.4) is 0 Å². The Bertz CT molecular complexity index is 846. The smallest absolute Gasteiger partial charge is 0.262 e. The standard InChI is InChI=1S/C19H20N4O3/c1-21-9-11-22(12-10-21)17(24)13-23-15-6-4-8-20-18(15)26-16-7-3-2-5-14(16)19(23)25/h2-8H,9-13H2,1H3. The fourth-order valence-corrected chi connectivity index (χ4v) is 3.21. The highest BCUT2D eigenvalue weighted by Gasteiger charge is 2.31. The van der Waals surface area contributed by atoms with Gasteiger partial charge in [0.05, 0.1) is 5.56 Å². The fourth-order valence-electron chi connectivity index (χ4n) is 3.21. The number of carbonyl (C=O) groups is 2. The molecule has 1 saturated heterocycles. The molecule has 0 aliphatic carbocycles. The molecule has 7 heteroatoms. The van der Waals surface area contributed by atoms with Crippen LogP contribution in [0.4, 0.5) is 5.69 Å². The highest BCUT2D eigenvalue weighted by atomic mass is 16.5. The Morgan fingerprint density at radius 1 is 1.12 bits per heavy atom. The highest BCUT2D eigenvalue weighted by molar-refractivity contribution is 6.11. The first-order valence-electron chi connectivity index (χ1n) is 8.63. The summed E-state index contributed by atoms with van der Waals surface area (Å²) in [6, 6.07) is 10.5. The number of hydrogen-bond donors (Lipinski definition) is 0. The van der Waals surface area contributed by atoms with E-state index in [0.29, 0.717) is 36.0 Å². The number of ether oxygens (including phenoxy) is 1. The van der Waals surface area contributed by atoms with Crippen LogP contribution >= 0.6 is 0 Å². The highest BCUT2D eigenvalue weighted by Crippen LogP contribution is 2.36. The third kappa shape index (κ3) is 3.01. The number of aromatic nitrogens is 1. The zero-order chi connectivity index (χ0) is 18.1. The number of anilines is 1. The lowest BCUT2D eigenvalue weighted by Gasteiger charge is -2.33. The molecule has 134 valence electrons. The predicted octanol–water partition coefficient (Wildman–Crippen LogP) is 1.61. The van der Waals surface area contributed by atoms with Crippen molar-refractivity contribution in [3.05, 3.63) is 48.2 Å². The molecule has 2 amide bonds. The fraction of sp³-hybridized carbons (Fsp3) is 0.316. The van der Waals surface area contributed by atoms with Gasteiger partial charge in [0, 0.05) is 32.4 Å². The lowest BCUT2D eigenvalue weighted by Crippen LogP contribution is -2.50. The van der Waals surface area contributed by atoms with Crippen molar-refractivity contribution in [3.8, 4) is 11.6 Å². The van der Waals surface area contributed by atoms with Crippen LogP contribution in [0.5, 0.6) is 11.6 Å². The van der Waals surface area contributed by atoms with Crippen LogP contribution < -0.4 is 9.64 Å². The Labute approximate surface area is 151 Å². The molecule has 0 unspecified atom stereocenters. The Balaban J connectivity index is 1.65. The average Bonchev–Trinajstić information content (AvgIpc) is 2.78. The van der Waals surface area contributed by atoms with Crippen LogP contribution in [-0.4, -0.2) is 66.4 Å². The van der Waals surface area contributed by atoms with E-state index in [1.54, 1.807) is 47.5 Å². The van der Waals surface area contributed by atoms with Gasteiger partial charge in [0.2, 0.25) is 11.8 Å². The minimum Gasteiger partial charge on any atom is -0.436 e. The van der Waals surface area contributed by atoms with E-state index in [1.807, 2.05) is 7.05 Å². The number of fused-ring (bicyclic) bond motifs is 2. The van der Waals surface area contributed by atoms with Crippen molar-refractivity contribution >= 4 is 17.5 Å². The number of likely N-dealkylation sites (N-methyl/N-ethyl adjacent to an activating group) is 1. The van der Waals surface area contributed by atoms with Gasteiger partial charge in [0.1, 0.15) is 18.0 Å². The largest absolute Gasteiger partial charge is 0.436 e. The number of hydrogen-bond acceptors (Lipinski definition) is 5. The summed E-state index contributed by atoms with van der Waals surface area (Å²) in [6.45, 7) is 2.99. The molecule has 3 heterocycles. The van der Waals surface area contributed by atoms with E-state index in [4.69, 9.17) is 4.74 Å². The molecule has 7 nitrogen and oxygen atoms in total.